The summed E-state index contributed by atoms with van der Waals surface area (Å²) in [4.78, 5) is 0. The normalized spacial score (nSPS) is 11.6. The molecular weight excluding hydrogens is 270 g/mol. The van der Waals surface area contributed by atoms with Crippen LogP contribution in [0.4, 0.5) is 0 Å². The minimum absolute atomic E-state index is 0.131. The molecule has 0 bridgehead atoms. The van der Waals surface area contributed by atoms with Gasteiger partial charge in [0, 0.05) is 5.02 Å². The molecule has 0 aliphatic heterocycles. The van der Waals surface area contributed by atoms with E-state index in [-0.39, 0.29) is 5.92 Å². The van der Waals surface area contributed by atoms with Crippen molar-refractivity contribution in [2.24, 2.45) is 0 Å². The summed E-state index contributed by atoms with van der Waals surface area (Å²) in [5.74, 6) is 0.733. The van der Waals surface area contributed by atoms with E-state index in [4.69, 9.17) is 16.3 Å². The maximum absolute atomic E-state index is 9.25. The molecule has 0 aromatic heterocycles. The summed E-state index contributed by atoms with van der Waals surface area (Å²) in [5, 5.41) is 9.92. The summed E-state index contributed by atoms with van der Waals surface area (Å²) < 4.78 is 5.63. The molecule has 2 aromatic carbocycles. The third-order valence-electron chi connectivity index (χ3n) is 3.06. The molecule has 2 aromatic rings. The van der Waals surface area contributed by atoms with Gasteiger partial charge in [0.2, 0.25) is 0 Å². The van der Waals surface area contributed by atoms with Crippen LogP contribution < -0.4 is 4.74 Å². The van der Waals surface area contributed by atoms with E-state index >= 15 is 0 Å². The van der Waals surface area contributed by atoms with Crippen molar-refractivity contribution in [1.82, 2.24) is 0 Å². The van der Waals surface area contributed by atoms with Gasteiger partial charge in [-0.3, -0.25) is 0 Å². The Morgan fingerprint density at radius 3 is 2.60 bits per heavy atom. The molecule has 0 N–H and O–H groups in total. The average Bonchev–Trinajstić information content (AvgIpc) is 2.48. The van der Waals surface area contributed by atoms with Gasteiger partial charge in [-0.15, -0.1) is 0 Å². The molecule has 0 spiro atoms. The Kier molecular flexibility index (Phi) is 5.46. The molecule has 0 radical (unpaired) electrons. The lowest BCUT2D eigenvalue weighted by Gasteiger charge is -2.10. The third-order valence-corrected chi connectivity index (χ3v) is 3.29. The molecule has 0 fully saturated rings. The van der Waals surface area contributed by atoms with Crippen molar-refractivity contribution in [1.29, 1.82) is 5.26 Å². The van der Waals surface area contributed by atoms with Crippen molar-refractivity contribution >= 4 is 11.6 Å². The molecule has 20 heavy (non-hydrogen) atoms. The lowest BCUT2D eigenvalue weighted by atomic mass is 9.96. The molecule has 1 atom stereocenters. The van der Waals surface area contributed by atoms with E-state index in [9.17, 15) is 5.26 Å². The molecule has 2 nitrogen and oxygen atoms in total. The van der Waals surface area contributed by atoms with Gasteiger partial charge in [-0.05, 0) is 42.7 Å². The highest BCUT2D eigenvalue weighted by atomic mass is 35.5. The van der Waals surface area contributed by atoms with Crippen LogP contribution in [0.15, 0.2) is 54.6 Å². The lowest BCUT2D eigenvalue weighted by Crippen LogP contribution is -2.02. The predicted octanol–water partition coefficient (Wildman–Crippen LogP) is 4.81. The minimum atomic E-state index is -0.131. The highest BCUT2D eigenvalue weighted by Crippen LogP contribution is 2.23. The quantitative estimate of drug-likeness (QED) is 0.714. The van der Waals surface area contributed by atoms with E-state index in [1.165, 1.54) is 0 Å². The maximum Gasteiger partial charge on any atom is 0.119 e. The number of hydrogen-bond acceptors (Lipinski definition) is 2. The summed E-state index contributed by atoms with van der Waals surface area (Å²) in [6.07, 6.45) is 1.60. The van der Waals surface area contributed by atoms with Crippen LogP contribution in [0, 0.1) is 11.3 Å². The monoisotopic (exact) mass is 285 g/mol. The van der Waals surface area contributed by atoms with Gasteiger partial charge in [0.05, 0.1) is 18.6 Å². The molecule has 0 heterocycles. The Bertz CT molecular complexity index is 577. The fraction of sp³-hybridized carbons (Fsp3) is 0.235. The van der Waals surface area contributed by atoms with E-state index in [1.807, 2.05) is 54.6 Å². The first kappa shape index (κ1) is 14.4. The number of halogens is 1. The number of hydrogen-bond donors (Lipinski definition) is 0. The van der Waals surface area contributed by atoms with Crippen LogP contribution in [0.3, 0.4) is 0 Å². The Balaban J connectivity index is 1.82. The van der Waals surface area contributed by atoms with Gasteiger partial charge in [0.15, 0.2) is 0 Å². The minimum Gasteiger partial charge on any atom is -0.494 e. The summed E-state index contributed by atoms with van der Waals surface area (Å²) >= 11 is 5.95. The summed E-state index contributed by atoms with van der Waals surface area (Å²) in [6.45, 7) is 0.614. The van der Waals surface area contributed by atoms with Crippen molar-refractivity contribution in [3.8, 4) is 11.8 Å². The summed E-state index contributed by atoms with van der Waals surface area (Å²) in [5.41, 5.74) is 0.972. The number of para-hydroxylation sites is 1. The van der Waals surface area contributed by atoms with Gasteiger partial charge in [-0.1, -0.05) is 41.9 Å². The molecule has 1 unspecified atom stereocenters. The van der Waals surface area contributed by atoms with E-state index < -0.39 is 0 Å². The fourth-order valence-corrected chi connectivity index (χ4v) is 2.22. The molecule has 0 aliphatic carbocycles. The zero-order valence-electron chi connectivity index (χ0n) is 11.1. The Labute approximate surface area is 124 Å². The molecule has 0 aliphatic rings. The topological polar surface area (TPSA) is 33.0 Å². The van der Waals surface area contributed by atoms with E-state index in [0.717, 1.165) is 24.2 Å². The van der Waals surface area contributed by atoms with Crippen LogP contribution in [0.5, 0.6) is 5.75 Å². The summed E-state index contributed by atoms with van der Waals surface area (Å²) in [7, 11) is 0. The molecule has 0 amide bonds. The molecular formula is C17H16ClNO. The van der Waals surface area contributed by atoms with Crippen molar-refractivity contribution < 1.29 is 4.74 Å². The van der Waals surface area contributed by atoms with Crippen LogP contribution in [-0.2, 0) is 0 Å². The Morgan fingerprint density at radius 2 is 1.90 bits per heavy atom. The van der Waals surface area contributed by atoms with Gasteiger partial charge in [0.25, 0.3) is 0 Å². The second-order valence-corrected chi connectivity index (χ2v) is 4.98. The molecule has 102 valence electrons. The van der Waals surface area contributed by atoms with Gasteiger partial charge in [-0.25, -0.2) is 0 Å². The number of rotatable bonds is 6. The summed E-state index contributed by atoms with van der Waals surface area (Å²) in [6, 6.07) is 19.5. The average molecular weight is 286 g/mol. The zero-order valence-corrected chi connectivity index (χ0v) is 11.9. The molecule has 2 rings (SSSR count). The highest BCUT2D eigenvalue weighted by molar-refractivity contribution is 6.30. The molecule has 3 heteroatoms. The number of nitrogens with zero attached hydrogens (tertiary/aromatic N) is 1. The van der Waals surface area contributed by atoms with Gasteiger partial charge in [0.1, 0.15) is 5.75 Å². The fourth-order valence-electron chi connectivity index (χ4n) is 2.02. The first-order valence-electron chi connectivity index (χ1n) is 6.62. The van der Waals surface area contributed by atoms with E-state index in [2.05, 4.69) is 6.07 Å². The van der Waals surface area contributed by atoms with Crippen LogP contribution in [-0.4, -0.2) is 6.61 Å². The van der Waals surface area contributed by atoms with Gasteiger partial charge >= 0.3 is 0 Å². The third kappa shape index (κ3) is 4.29. The smallest absolute Gasteiger partial charge is 0.119 e. The van der Waals surface area contributed by atoms with Crippen LogP contribution >= 0.6 is 11.6 Å². The van der Waals surface area contributed by atoms with Crippen molar-refractivity contribution in [2.45, 2.75) is 18.8 Å². The SMILES string of the molecule is N#CC(CCCOc1ccccc1)c1cccc(Cl)c1. The number of benzene rings is 2. The van der Waals surface area contributed by atoms with Crippen LogP contribution in [0.25, 0.3) is 0 Å². The second kappa shape index (κ2) is 7.57. The van der Waals surface area contributed by atoms with E-state index in [1.54, 1.807) is 0 Å². The van der Waals surface area contributed by atoms with Gasteiger partial charge < -0.3 is 4.74 Å². The Hall–Kier alpha value is -1.98. The second-order valence-electron chi connectivity index (χ2n) is 4.54. The zero-order chi connectivity index (χ0) is 14.2. The van der Waals surface area contributed by atoms with Crippen molar-refractivity contribution in [3.05, 3.63) is 65.2 Å². The van der Waals surface area contributed by atoms with Crippen LogP contribution in [0.1, 0.15) is 24.3 Å². The largest absolute Gasteiger partial charge is 0.494 e. The van der Waals surface area contributed by atoms with Crippen molar-refractivity contribution in [2.75, 3.05) is 6.61 Å². The first-order chi connectivity index (χ1) is 9.79. The maximum atomic E-state index is 9.25. The molecule has 0 saturated heterocycles. The lowest BCUT2D eigenvalue weighted by molar-refractivity contribution is 0.305. The number of ether oxygens (including phenoxy) is 1. The van der Waals surface area contributed by atoms with Crippen molar-refractivity contribution in [3.63, 3.8) is 0 Å². The van der Waals surface area contributed by atoms with Gasteiger partial charge in [-0.2, -0.15) is 5.26 Å². The highest BCUT2D eigenvalue weighted by Gasteiger charge is 2.10. The molecule has 0 saturated carbocycles. The first-order valence-corrected chi connectivity index (χ1v) is 7.00. The number of nitriles is 1. The Morgan fingerprint density at radius 1 is 1.10 bits per heavy atom. The standard InChI is InChI=1S/C17H16ClNO/c18-16-8-4-6-14(12-16)15(13-19)7-5-11-20-17-9-2-1-3-10-17/h1-4,6,8-10,12,15H,5,7,11H2. The predicted molar refractivity (Wildman–Crippen MR) is 81.0 cm³/mol. The van der Waals surface area contributed by atoms with Crippen LogP contribution in [0.2, 0.25) is 5.02 Å². The van der Waals surface area contributed by atoms with E-state index in [0.29, 0.717) is 11.6 Å².